The Morgan fingerprint density at radius 2 is 2.04 bits per heavy atom. The van der Waals surface area contributed by atoms with Crippen LogP contribution in [-0.2, 0) is 0 Å². The number of hydrogen-bond acceptors (Lipinski definition) is 2. The van der Waals surface area contributed by atoms with Crippen LogP contribution in [0.5, 0.6) is 0 Å². The molecule has 0 unspecified atom stereocenters. The van der Waals surface area contributed by atoms with Crippen molar-refractivity contribution in [2.75, 3.05) is 13.1 Å². The highest BCUT2D eigenvalue weighted by Gasteiger charge is 2.27. The third kappa shape index (κ3) is 3.09. The summed E-state index contributed by atoms with van der Waals surface area (Å²) in [6, 6.07) is 12.2. The number of H-pyrrole nitrogens is 2. The minimum atomic E-state index is 0.0898. The Hall–Kier alpha value is -2.82. The van der Waals surface area contributed by atoms with Gasteiger partial charge in [-0.05, 0) is 37.5 Å². The Bertz CT molecular complexity index is 857. The second kappa shape index (κ2) is 6.59. The molecule has 25 heavy (non-hydrogen) atoms. The fourth-order valence-electron chi connectivity index (χ4n) is 3.65. The molecule has 0 radical (unpaired) electrons. The first-order valence-corrected chi connectivity index (χ1v) is 8.75. The largest absolute Gasteiger partial charge is 0.357 e. The number of aromatic amines is 2. The number of carbonyl (C=O) groups is 1. The van der Waals surface area contributed by atoms with Crippen LogP contribution < -0.4 is 0 Å². The van der Waals surface area contributed by atoms with Crippen LogP contribution in [0.3, 0.4) is 0 Å². The standard InChI is InChI=1S/C20H22N4O/c1-14-4-2-5-16(12-14)17-13-22-23-19(17)15-7-10-24(11-8-15)20(25)18-6-3-9-21-18/h2-6,9,12-13,15,21H,7-8,10-11H2,1H3,(H,22,23). The minimum absolute atomic E-state index is 0.0898. The molecule has 5 heteroatoms. The number of aromatic nitrogens is 3. The van der Waals surface area contributed by atoms with Crippen molar-refractivity contribution in [3.63, 3.8) is 0 Å². The van der Waals surface area contributed by atoms with Gasteiger partial charge < -0.3 is 9.88 Å². The van der Waals surface area contributed by atoms with E-state index in [0.717, 1.165) is 25.9 Å². The normalized spacial score (nSPS) is 15.5. The third-order valence-corrected chi connectivity index (χ3v) is 5.02. The highest BCUT2D eigenvalue weighted by molar-refractivity contribution is 5.92. The first-order valence-electron chi connectivity index (χ1n) is 8.75. The Kier molecular flexibility index (Phi) is 4.14. The van der Waals surface area contributed by atoms with E-state index in [4.69, 9.17) is 0 Å². The van der Waals surface area contributed by atoms with Gasteiger partial charge in [-0.2, -0.15) is 5.10 Å². The van der Waals surface area contributed by atoms with Gasteiger partial charge >= 0.3 is 0 Å². The molecule has 3 heterocycles. The Morgan fingerprint density at radius 1 is 1.20 bits per heavy atom. The van der Waals surface area contributed by atoms with Gasteiger partial charge in [0, 0.05) is 36.5 Å². The Balaban J connectivity index is 1.49. The predicted octanol–water partition coefficient (Wildman–Crippen LogP) is 3.73. The third-order valence-electron chi connectivity index (χ3n) is 5.02. The SMILES string of the molecule is Cc1cccc(-c2cn[nH]c2C2CCN(C(=O)c3ccc[nH]3)CC2)c1. The van der Waals surface area contributed by atoms with Crippen LogP contribution >= 0.6 is 0 Å². The van der Waals surface area contributed by atoms with E-state index in [-0.39, 0.29) is 5.91 Å². The molecule has 0 bridgehead atoms. The predicted molar refractivity (Wildman–Crippen MR) is 97.4 cm³/mol. The zero-order chi connectivity index (χ0) is 17.2. The van der Waals surface area contributed by atoms with E-state index in [0.29, 0.717) is 11.6 Å². The van der Waals surface area contributed by atoms with Crippen molar-refractivity contribution in [3.05, 3.63) is 65.7 Å². The van der Waals surface area contributed by atoms with Crippen LogP contribution in [0.1, 0.15) is 40.5 Å². The van der Waals surface area contributed by atoms with E-state index in [2.05, 4.69) is 46.4 Å². The van der Waals surface area contributed by atoms with Gasteiger partial charge in [0.15, 0.2) is 0 Å². The second-order valence-corrected chi connectivity index (χ2v) is 6.72. The van der Waals surface area contributed by atoms with Gasteiger partial charge in [-0.25, -0.2) is 0 Å². The van der Waals surface area contributed by atoms with Crippen LogP contribution in [0, 0.1) is 6.92 Å². The highest BCUT2D eigenvalue weighted by atomic mass is 16.2. The molecule has 0 spiro atoms. The monoisotopic (exact) mass is 334 g/mol. The molecule has 128 valence electrons. The first-order chi connectivity index (χ1) is 12.2. The van der Waals surface area contributed by atoms with Crippen molar-refractivity contribution in [1.29, 1.82) is 0 Å². The zero-order valence-electron chi connectivity index (χ0n) is 14.3. The maximum absolute atomic E-state index is 12.5. The number of carbonyl (C=O) groups excluding carboxylic acids is 1. The number of hydrogen-bond donors (Lipinski definition) is 2. The summed E-state index contributed by atoms with van der Waals surface area (Å²) in [6.07, 6.45) is 5.61. The average molecular weight is 334 g/mol. The molecule has 1 aromatic carbocycles. The topological polar surface area (TPSA) is 64.8 Å². The maximum atomic E-state index is 12.5. The van der Waals surface area contributed by atoms with Crippen LogP contribution in [0.25, 0.3) is 11.1 Å². The number of amides is 1. The molecule has 3 aromatic rings. The van der Waals surface area contributed by atoms with Crippen molar-refractivity contribution < 1.29 is 4.79 Å². The fourth-order valence-corrected chi connectivity index (χ4v) is 3.65. The highest BCUT2D eigenvalue weighted by Crippen LogP contribution is 2.34. The minimum Gasteiger partial charge on any atom is -0.357 e. The molecule has 0 aliphatic carbocycles. The summed E-state index contributed by atoms with van der Waals surface area (Å²) in [5.41, 5.74) is 5.49. The summed E-state index contributed by atoms with van der Waals surface area (Å²) in [4.78, 5) is 17.4. The number of piperidine rings is 1. The smallest absolute Gasteiger partial charge is 0.270 e. The van der Waals surface area contributed by atoms with Crippen molar-refractivity contribution >= 4 is 5.91 Å². The van der Waals surface area contributed by atoms with Crippen molar-refractivity contribution in [1.82, 2.24) is 20.1 Å². The number of aryl methyl sites for hydroxylation is 1. The quantitative estimate of drug-likeness (QED) is 0.766. The summed E-state index contributed by atoms with van der Waals surface area (Å²) in [5, 5.41) is 7.49. The summed E-state index contributed by atoms with van der Waals surface area (Å²) in [7, 11) is 0. The fraction of sp³-hybridized carbons (Fsp3) is 0.300. The van der Waals surface area contributed by atoms with E-state index in [9.17, 15) is 4.79 Å². The average Bonchev–Trinajstić information content (AvgIpc) is 3.33. The van der Waals surface area contributed by atoms with E-state index < -0.39 is 0 Å². The van der Waals surface area contributed by atoms with Gasteiger partial charge in [0.1, 0.15) is 5.69 Å². The van der Waals surface area contributed by atoms with Gasteiger partial charge in [-0.3, -0.25) is 9.89 Å². The van der Waals surface area contributed by atoms with Crippen LogP contribution in [-0.4, -0.2) is 39.1 Å². The van der Waals surface area contributed by atoms with Crippen LogP contribution in [0.2, 0.25) is 0 Å². The number of rotatable bonds is 3. The molecular formula is C20H22N4O. The number of likely N-dealkylation sites (tertiary alicyclic amines) is 1. The van der Waals surface area contributed by atoms with Crippen molar-refractivity contribution in [3.8, 4) is 11.1 Å². The summed E-state index contributed by atoms with van der Waals surface area (Å²) >= 11 is 0. The lowest BCUT2D eigenvalue weighted by molar-refractivity contribution is 0.0707. The Morgan fingerprint density at radius 3 is 2.76 bits per heavy atom. The molecule has 5 nitrogen and oxygen atoms in total. The Labute approximate surface area is 147 Å². The lowest BCUT2D eigenvalue weighted by atomic mass is 9.89. The lowest BCUT2D eigenvalue weighted by Gasteiger charge is -2.31. The summed E-state index contributed by atoms with van der Waals surface area (Å²) < 4.78 is 0. The molecule has 2 N–H and O–H groups in total. The number of benzene rings is 1. The lowest BCUT2D eigenvalue weighted by Crippen LogP contribution is -2.38. The second-order valence-electron chi connectivity index (χ2n) is 6.72. The van der Waals surface area contributed by atoms with Gasteiger partial charge in [0.2, 0.25) is 0 Å². The molecule has 1 amide bonds. The van der Waals surface area contributed by atoms with Gasteiger partial charge in [-0.15, -0.1) is 0 Å². The molecule has 2 aromatic heterocycles. The molecule has 0 saturated carbocycles. The van der Waals surface area contributed by atoms with E-state index in [1.165, 1.54) is 22.4 Å². The van der Waals surface area contributed by atoms with E-state index >= 15 is 0 Å². The number of nitrogens with zero attached hydrogens (tertiary/aromatic N) is 2. The van der Waals surface area contributed by atoms with Gasteiger partial charge in [-0.1, -0.05) is 29.8 Å². The van der Waals surface area contributed by atoms with Crippen LogP contribution in [0.15, 0.2) is 48.8 Å². The van der Waals surface area contributed by atoms with Gasteiger partial charge in [0.25, 0.3) is 5.91 Å². The summed E-state index contributed by atoms with van der Waals surface area (Å²) in [6.45, 7) is 3.65. The molecule has 1 aliphatic rings. The van der Waals surface area contributed by atoms with E-state index in [1.54, 1.807) is 6.20 Å². The molecule has 1 aliphatic heterocycles. The van der Waals surface area contributed by atoms with Gasteiger partial charge in [0.05, 0.1) is 6.20 Å². The molecule has 4 rings (SSSR count). The van der Waals surface area contributed by atoms with Crippen molar-refractivity contribution in [2.24, 2.45) is 0 Å². The van der Waals surface area contributed by atoms with Crippen molar-refractivity contribution in [2.45, 2.75) is 25.7 Å². The van der Waals surface area contributed by atoms with Crippen LogP contribution in [0.4, 0.5) is 0 Å². The number of nitrogens with one attached hydrogen (secondary N) is 2. The molecular weight excluding hydrogens is 312 g/mol. The zero-order valence-corrected chi connectivity index (χ0v) is 14.3. The van der Waals surface area contributed by atoms with E-state index in [1.807, 2.05) is 23.2 Å². The molecule has 1 fully saturated rings. The first kappa shape index (κ1) is 15.7. The molecule has 0 atom stereocenters. The summed E-state index contributed by atoms with van der Waals surface area (Å²) in [5.74, 6) is 0.498. The maximum Gasteiger partial charge on any atom is 0.270 e. The molecule has 1 saturated heterocycles.